The number of nitrogens with two attached hydrogens (primary N) is 1. The van der Waals surface area contributed by atoms with E-state index in [1.807, 2.05) is 18.2 Å². The Morgan fingerprint density at radius 1 is 1.30 bits per heavy atom. The van der Waals surface area contributed by atoms with Crippen LogP contribution in [-0.4, -0.2) is 54.7 Å². The molecular weight excluding hydrogens is 364 g/mol. The van der Waals surface area contributed by atoms with Crippen LogP contribution < -0.4 is 15.8 Å². The van der Waals surface area contributed by atoms with E-state index in [0.717, 1.165) is 6.54 Å². The van der Waals surface area contributed by atoms with Gasteiger partial charge in [0.2, 0.25) is 0 Å². The van der Waals surface area contributed by atoms with Crippen LogP contribution in [0.4, 0.5) is 5.69 Å². The number of hydrogen-bond acceptors (Lipinski definition) is 5. The molecule has 2 bridgehead atoms. The van der Waals surface area contributed by atoms with E-state index in [1.54, 1.807) is 12.1 Å². The largest absolute Gasteiger partial charge is 0.496 e. The molecule has 0 radical (unpaired) electrons. The van der Waals surface area contributed by atoms with Gasteiger partial charge in [0.25, 0.3) is 5.91 Å². The molecule has 0 saturated carbocycles. The number of ether oxygens (including phenoxy) is 1. The number of rotatable bonds is 4. The average molecular weight is 389 g/mol. The molecule has 4 aliphatic rings. The highest BCUT2D eigenvalue weighted by Crippen LogP contribution is 2.33. The van der Waals surface area contributed by atoms with Crippen LogP contribution in [0.15, 0.2) is 36.6 Å². The van der Waals surface area contributed by atoms with Gasteiger partial charge in [-0.2, -0.15) is 0 Å². The van der Waals surface area contributed by atoms with E-state index >= 15 is 0 Å². The predicted octanol–water partition coefficient (Wildman–Crippen LogP) is 2.47. The van der Waals surface area contributed by atoms with Gasteiger partial charge in [0, 0.05) is 24.9 Å². The molecule has 3 fully saturated rings. The molecule has 0 aliphatic carbocycles. The Morgan fingerprint density at radius 3 is 2.74 bits per heavy atom. The van der Waals surface area contributed by atoms with Gasteiger partial charge in [-0.1, -0.05) is 17.7 Å². The van der Waals surface area contributed by atoms with Gasteiger partial charge in [-0.3, -0.25) is 4.79 Å². The Bertz CT molecular complexity index is 786. The van der Waals surface area contributed by atoms with E-state index in [-0.39, 0.29) is 12.1 Å². The van der Waals surface area contributed by atoms with Crippen LogP contribution in [0.5, 0.6) is 5.75 Å². The number of benzene rings is 1. The van der Waals surface area contributed by atoms with Gasteiger partial charge in [-0.15, -0.1) is 0 Å². The number of nitrogen functional groups attached to an aromatic ring is 1. The van der Waals surface area contributed by atoms with Crippen molar-refractivity contribution in [1.82, 2.24) is 15.1 Å². The van der Waals surface area contributed by atoms with E-state index < -0.39 is 0 Å². The van der Waals surface area contributed by atoms with Gasteiger partial charge in [-0.25, -0.2) is 0 Å². The summed E-state index contributed by atoms with van der Waals surface area (Å²) < 4.78 is 5.32. The van der Waals surface area contributed by atoms with Crippen LogP contribution in [-0.2, 0) is 0 Å². The molecule has 3 N–H and O–H groups in total. The molecule has 3 saturated heterocycles. The number of nitrogens with zero attached hydrogens (tertiary/aromatic N) is 2. The van der Waals surface area contributed by atoms with Crippen LogP contribution >= 0.6 is 11.6 Å². The maximum absolute atomic E-state index is 13.0. The van der Waals surface area contributed by atoms with Crippen molar-refractivity contribution >= 4 is 23.2 Å². The lowest BCUT2D eigenvalue weighted by Crippen LogP contribution is -2.60. The monoisotopic (exact) mass is 388 g/mol. The number of hydrogen-bond donors (Lipinski definition) is 2. The summed E-state index contributed by atoms with van der Waals surface area (Å²) in [5, 5.41) is 3.46. The van der Waals surface area contributed by atoms with Gasteiger partial charge in [0.15, 0.2) is 0 Å². The minimum atomic E-state index is -0.232. The van der Waals surface area contributed by atoms with Crippen LogP contribution in [0.1, 0.15) is 23.2 Å². The number of piperidine rings is 3. The fraction of sp³-hybridized carbons (Fsp3) is 0.450. The topological polar surface area (TPSA) is 70.8 Å². The van der Waals surface area contributed by atoms with Crippen LogP contribution in [0.25, 0.3) is 0 Å². The standard InChI is InChI=1S/C20H25ClN4O2/c1-27-18-11-16(22)15(21)10-14(18)20(26)23-19-4-2-3-7-25(19)17-12-24-8-5-13(17)6-9-24/h2-4,7,10-11,13,17,19H,5-6,8-9,12,22H2,1H3,(H,23,26). The molecule has 1 aromatic carbocycles. The molecule has 2 unspecified atom stereocenters. The molecule has 0 aromatic heterocycles. The van der Waals surface area contributed by atoms with Crippen molar-refractivity contribution in [3.63, 3.8) is 0 Å². The van der Waals surface area contributed by atoms with Crippen molar-refractivity contribution in [1.29, 1.82) is 0 Å². The molecule has 144 valence electrons. The third-order valence-electron chi connectivity index (χ3n) is 5.83. The quantitative estimate of drug-likeness (QED) is 0.775. The van der Waals surface area contributed by atoms with Crippen molar-refractivity contribution in [2.24, 2.45) is 5.92 Å². The number of anilines is 1. The molecule has 6 nitrogen and oxygen atoms in total. The Labute approximate surface area is 164 Å². The molecule has 2 atom stereocenters. The third kappa shape index (κ3) is 3.51. The van der Waals surface area contributed by atoms with Crippen molar-refractivity contribution in [2.75, 3.05) is 32.5 Å². The number of carbonyl (C=O) groups excluding carboxylic acids is 1. The van der Waals surface area contributed by atoms with Gasteiger partial charge >= 0.3 is 0 Å². The maximum atomic E-state index is 13.0. The van der Waals surface area contributed by atoms with Crippen LogP contribution in [0.3, 0.4) is 0 Å². The Hall–Kier alpha value is -2.18. The van der Waals surface area contributed by atoms with Crippen molar-refractivity contribution in [3.8, 4) is 5.75 Å². The number of allylic oxidation sites excluding steroid dienone is 2. The summed E-state index contributed by atoms with van der Waals surface area (Å²) in [5.41, 5.74) is 6.60. The van der Waals surface area contributed by atoms with Crippen LogP contribution in [0, 0.1) is 5.92 Å². The SMILES string of the molecule is COc1cc(N)c(Cl)cc1C(=O)NC1C=CC=CN1C1CN2CCC1CC2. The first-order valence-electron chi connectivity index (χ1n) is 9.35. The van der Waals surface area contributed by atoms with Crippen molar-refractivity contribution in [2.45, 2.75) is 25.0 Å². The third-order valence-corrected chi connectivity index (χ3v) is 6.16. The molecule has 5 rings (SSSR count). The first kappa shape index (κ1) is 18.2. The first-order valence-corrected chi connectivity index (χ1v) is 9.73. The Balaban J connectivity index is 1.54. The zero-order chi connectivity index (χ0) is 19.0. The fourth-order valence-corrected chi connectivity index (χ4v) is 4.51. The van der Waals surface area contributed by atoms with Gasteiger partial charge < -0.3 is 25.6 Å². The smallest absolute Gasteiger partial charge is 0.256 e. The Morgan fingerprint density at radius 2 is 2.07 bits per heavy atom. The summed E-state index contributed by atoms with van der Waals surface area (Å²) in [5.74, 6) is 0.857. The van der Waals surface area contributed by atoms with Gasteiger partial charge in [0.05, 0.1) is 23.4 Å². The molecule has 0 spiro atoms. The van der Waals surface area contributed by atoms with Crippen molar-refractivity contribution in [3.05, 3.63) is 47.1 Å². The fourth-order valence-electron chi connectivity index (χ4n) is 4.35. The molecule has 7 heteroatoms. The minimum absolute atomic E-state index is 0.200. The lowest BCUT2D eigenvalue weighted by Gasteiger charge is -2.51. The van der Waals surface area contributed by atoms with E-state index in [2.05, 4.69) is 21.3 Å². The second-order valence-corrected chi connectivity index (χ2v) is 7.78. The van der Waals surface area contributed by atoms with E-state index in [0.29, 0.717) is 34.0 Å². The van der Waals surface area contributed by atoms with E-state index in [9.17, 15) is 4.79 Å². The predicted molar refractivity (Wildman–Crippen MR) is 107 cm³/mol. The highest BCUT2D eigenvalue weighted by molar-refractivity contribution is 6.33. The second kappa shape index (κ2) is 7.44. The molecule has 4 aliphatic heterocycles. The van der Waals surface area contributed by atoms with Gasteiger partial charge in [-0.05, 0) is 50.1 Å². The average Bonchev–Trinajstić information content (AvgIpc) is 2.71. The minimum Gasteiger partial charge on any atom is -0.496 e. The van der Waals surface area contributed by atoms with Crippen LogP contribution in [0.2, 0.25) is 5.02 Å². The zero-order valence-corrected chi connectivity index (χ0v) is 16.2. The number of halogens is 1. The molecule has 27 heavy (non-hydrogen) atoms. The summed E-state index contributed by atoms with van der Waals surface area (Å²) in [6.07, 6.45) is 10.3. The number of amides is 1. The van der Waals surface area contributed by atoms with Gasteiger partial charge in [0.1, 0.15) is 11.9 Å². The lowest BCUT2D eigenvalue weighted by atomic mass is 9.83. The summed E-state index contributed by atoms with van der Waals surface area (Å²) in [4.78, 5) is 17.7. The molecule has 4 heterocycles. The molecule has 1 aromatic rings. The molecule has 1 amide bonds. The number of nitrogens with one attached hydrogen (secondary N) is 1. The zero-order valence-electron chi connectivity index (χ0n) is 15.4. The summed E-state index contributed by atoms with van der Waals surface area (Å²) in [7, 11) is 1.52. The van der Waals surface area contributed by atoms with E-state index in [4.69, 9.17) is 22.1 Å². The first-order chi connectivity index (χ1) is 13.1. The van der Waals surface area contributed by atoms with Crippen molar-refractivity contribution < 1.29 is 9.53 Å². The second-order valence-electron chi connectivity index (χ2n) is 7.37. The number of methoxy groups -OCH3 is 1. The number of carbonyl (C=O) groups is 1. The molecular formula is C20H25ClN4O2. The summed E-state index contributed by atoms with van der Waals surface area (Å²) in [6.45, 7) is 3.42. The highest BCUT2D eigenvalue weighted by atomic mass is 35.5. The summed E-state index contributed by atoms with van der Waals surface area (Å²) in [6, 6.07) is 3.56. The lowest BCUT2D eigenvalue weighted by molar-refractivity contribution is 0.0111. The summed E-state index contributed by atoms with van der Waals surface area (Å²) >= 11 is 6.12. The maximum Gasteiger partial charge on any atom is 0.256 e. The number of fused-ring (bicyclic) bond motifs is 3. The van der Waals surface area contributed by atoms with E-state index in [1.165, 1.54) is 33.0 Å². The highest BCUT2D eigenvalue weighted by Gasteiger charge is 2.39. The normalized spacial score (nSPS) is 29.0. The Kier molecular flexibility index (Phi) is 5.02.